The lowest BCUT2D eigenvalue weighted by molar-refractivity contribution is 0.484. The van der Waals surface area contributed by atoms with Crippen molar-refractivity contribution < 1.29 is 0 Å². The molecule has 1 aliphatic rings. The van der Waals surface area contributed by atoms with Crippen LogP contribution in [-0.2, 0) is 12.8 Å². The summed E-state index contributed by atoms with van der Waals surface area (Å²) >= 11 is 0. The first-order valence-electron chi connectivity index (χ1n) is 7.46. The third-order valence-electron chi connectivity index (χ3n) is 4.11. The van der Waals surface area contributed by atoms with E-state index in [0.717, 1.165) is 5.92 Å². The molecule has 0 spiro atoms. The van der Waals surface area contributed by atoms with Gasteiger partial charge >= 0.3 is 0 Å². The van der Waals surface area contributed by atoms with Crippen LogP contribution in [0.3, 0.4) is 0 Å². The maximum absolute atomic E-state index is 2.33. The zero-order valence-electron chi connectivity index (χ0n) is 11.3. The first-order valence-corrected chi connectivity index (χ1v) is 7.46. The first-order chi connectivity index (χ1) is 8.38. The van der Waals surface area contributed by atoms with Crippen molar-refractivity contribution in [1.82, 2.24) is 0 Å². The molecule has 1 aromatic rings. The molecule has 0 amide bonds. The second-order valence-electron chi connectivity index (χ2n) is 5.61. The Hall–Kier alpha value is -0.780. The number of hydrogen-bond donors (Lipinski definition) is 0. The summed E-state index contributed by atoms with van der Waals surface area (Å²) in [6, 6.07) is 9.29. The van der Waals surface area contributed by atoms with Crippen molar-refractivity contribution in [3.63, 3.8) is 0 Å². The van der Waals surface area contributed by atoms with Crippen LogP contribution in [0.5, 0.6) is 0 Å². The predicted octanol–water partition coefficient (Wildman–Crippen LogP) is 6.42. The smallest absolute Gasteiger partial charge is 0.0279 e. The van der Waals surface area contributed by atoms with Gasteiger partial charge in [0.15, 0.2) is 0 Å². The fraction of sp³-hybridized carbons (Fsp3) is 0.684. The molecule has 0 aliphatic heterocycles. The van der Waals surface area contributed by atoms with Crippen LogP contribution in [0.15, 0.2) is 24.3 Å². The van der Waals surface area contributed by atoms with Gasteiger partial charge in [0.1, 0.15) is 0 Å². The van der Waals surface area contributed by atoms with Crippen molar-refractivity contribution in [3.05, 3.63) is 35.4 Å². The summed E-state index contributed by atoms with van der Waals surface area (Å²) in [5, 5.41) is 0. The highest BCUT2D eigenvalue weighted by Crippen LogP contribution is 2.28. The van der Waals surface area contributed by atoms with Gasteiger partial charge in [-0.1, -0.05) is 84.6 Å². The summed E-state index contributed by atoms with van der Waals surface area (Å²) in [5.74, 6) is 1.05. The number of aryl methyl sites for hydroxylation is 2. The maximum atomic E-state index is 2.33. The molecule has 1 saturated carbocycles. The number of rotatable bonds is 6. The Balaban J connectivity index is 0.00000162. The van der Waals surface area contributed by atoms with Gasteiger partial charge in [-0.25, -0.2) is 0 Å². The molecule has 0 heteroatoms. The lowest BCUT2D eigenvalue weighted by Gasteiger charge is -2.08. The topological polar surface area (TPSA) is 0 Å². The van der Waals surface area contributed by atoms with E-state index in [2.05, 4.69) is 31.2 Å². The van der Waals surface area contributed by atoms with E-state index in [9.17, 15) is 0 Å². The van der Waals surface area contributed by atoms with E-state index in [0.29, 0.717) is 0 Å². The highest BCUT2D eigenvalue weighted by molar-refractivity contribution is 5.22. The Labute approximate surface area is 121 Å². The Kier molecular flexibility index (Phi) is 9.65. The van der Waals surface area contributed by atoms with Crippen molar-refractivity contribution in [2.45, 2.75) is 79.6 Å². The highest BCUT2D eigenvalue weighted by atomic mass is 14.2. The van der Waals surface area contributed by atoms with Gasteiger partial charge in [0.25, 0.3) is 0 Å². The van der Waals surface area contributed by atoms with Crippen LogP contribution in [0, 0.1) is 5.92 Å². The maximum Gasteiger partial charge on any atom is -0.0279 e. The molecule has 0 saturated heterocycles. The summed E-state index contributed by atoms with van der Waals surface area (Å²) in [4.78, 5) is 0. The van der Waals surface area contributed by atoms with Gasteiger partial charge in [-0.3, -0.25) is 0 Å². The van der Waals surface area contributed by atoms with E-state index in [1.807, 2.05) is 0 Å². The summed E-state index contributed by atoms with van der Waals surface area (Å²) in [5.41, 5.74) is 3.02. The average molecular weight is 262 g/mol. The van der Waals surface area contributed by atoms with E-state index in [1.54, 1.807) is 0 Å². The van der Waals surface area contributed by atoms with Crippen LogP contribution in [0.4, 0.5) is 0 Å². The van der Waals surface area contributed by atoms with E-state index in [1.165, 1.54) is 68.9 Å². The largest absolute Gasteiger partial charge is 0.0776 e. The molecule has 0 bridgehead atoms. The average Bonchev–Trinajstić information content (AvgIpc) is 2.85. The fourth-order valence-electron chi connectivity index (χ4n) is 3.06. The Morgan fingerprint density at radius 3 is 1.95 bits per heavy atom. The van der Waals surface area contributed by atoms with Crippen LogP contribution in [0.2, 0.25) is 0 Å². The van der Waals surface area contributed by atoms with E-state index in [-0.39, 0.29) is 14.9 Å². The molecule has 0 N–H and O–H groups in total. The van der Waals surface area contributed by atoms with Crippen LogP contribution in [-0.4, -0.2) is 0 Å². The molecule has 0 nitrogen and oxygen atoms in total. The Morgan fingerprint density at radius 2 is 1.42 bits per heavy atom. The second-order valence-corrected chi connectivity index (χ2v) is 5.61. The lowest BCUT2D eigenvalue weighted by Crippen LogP contribution is -1.95. The summed E-state index contributed by atoms with van der Waals surface area (Å²) in [6.07, 6.45) is 12.6. The Morgan fingerprint density at radius 1 is 0.895 bits per heavy atom. The first kappa shape index (κ1) is 18.2. The molecule has 19 heavy (non-hydrogen) atoms. The zero-order valence-corrected chi connectivity index (χ0v) is 11.3. The molecule has 2 rings (SSSR count). The molecule has 110 valence electrons. The third kappa shape index (κ3) is 6.27. The molecule has 1 fully saturated rings. The molecule has 0 radical (unpaired) electrons. The van der Waals surface area contributed by atoms with Gasteiger partial charge in [0.2, 0.25) is 0 Å². The highest BCUT2D eigenvalue weighted by Gasteiger charge is 2.13. The lowest BCUT2D eigenvalue weighted by atomic mass is 9.98. The Bertz CT molecular complexity index is 303. The van der Waals surface area contributed by atoms with Crippen molar-refractivity contribution in [2.75, 3.05) is 0 Å². The van der Waals surface area contributed by atoms with Gasteiger partial charge < -0.3 is 0 Å². The van der Waals surface area contributed by atoms with Gasteiger partial charge in [0.05, 0.1) is 0 Å². The molecule has 0 heterocycles. The molecule has 1 aromatic carbocycles. The minimum absolute atomic E-state index is 0. The van der Waals surface area contributed by atoms with Crippen molar-refractivity contribution in [3.8, 4) is 0 Å². The van der Waals surface area contributed by atoms with E-state index in [4.69, 9.17) is 0 Å². The minimum atomic E-state index is 0. The van der Waals surface area contributed by atoms with Crippen LogP contribution in [0.25, 0.3) is 0 Å². The zero-order chi connectivity index (χ0) is 11.9. The fourth-order valence-corrected chi connectivity index (χ4v) is 3.06. The summed E-state index contributed by atoms with van der Waals surface area (Å²) < 4.78 is 0. The van der Waals surface area contributed by atoms with Gasteiger partial charge in [0, 0.05) is 0 Å². The summed E-state index contributed by atoms with van der Waals surface area (Å²) in [6.45, 7) is 2.25. The summed E-state index contributed by atoms with van der Waals surface area (Å²) in [7, 11) is 0. The van der Waals surface area contributed by atoms with Gasteiger partial charge in [-0.05, 0) is 36.3 Å². The standard InChI is InChI=1S/C17H26.2CH4/c1-2-6-15-11-13-17(14-12-15)10-5-9-16-7-3-4-8-16;;/h11-14,16H,2-10H2,1H3;2*1H4. The SMILES string of the molecule is C.C.CCCc1ccc(CCCC2CCCC2)cc1. The van der Waals surface area contributed by atoms with Crippen LogP contribution in [0.1, 0.15) is 77.8 Å². The quantitative estimate of drug-likeness (QED) is 0.554. The minimum Gasteiger partial charge on any atom is -0.0776 e. The van der Waals surface area contributed by atoms with E-state index >= 15 is 0 Å². The van der Waals surface area contributed by atoms with Crippen LogP contribution >= 0.6 is 0 Å². The van der Waals surface area contributed by atoms with Crippen molar-refractivity contribution in [1.29, 1.82) is 0 Å². The van der Waals surface area contributed by atoms with Gasteiger partial charge in [-0.2, -0.15) is 0 Å². The molecule has 0 unspecified atom stereocenters. The number of hydrogen-bond acceptors (Lipinski definition) is 0. The van der Waals surface area contributed by atoms with E-state index < -0.39 is 0 Å². The second kappa shape index (κ2) is 10.1. The molecular formula is C19H34. The third-order valence-corrected chi connectivity index (χ3v) is 4.11. The van der Waals surface area contributed by atoms with Gasteiger partial charge in [-0.15, -0.1) is 0 Å². The number of benzene rings is 1. The normalized spacial score (nSPS) is 14.8. The van der Waals surface area contributed by atoms with Crippen molar-refractivity contribution >= 4 is 0 Å². The molecular weight excluding hydrogens is 228 g/mol. The molecule has 1 aliphatic carbocycles. The van der Waals surface area contributed by atoms with Crippen LogP contribution < -0.4 is 0 Å². The molecule has 0 atom stereocenters. The molecule has 0 aromatic heterocycles. The monoisotopic (exact) mass is 262 g/mol. The predicted molar refractivity (Wildman–Crippen MR) is 88.8 cm³/mol. The van der Waals surface area contributed by atoms with Crippen molar-refractivity contribution in [2.24, 2.45) is 5.92 Å².